The standard InChI is InChI=1S/C25H28N2O4/c1-2-16-31-20-6-5-14-26(15-13-20)23(28)19-11-9-18(10-12-19)17-27-24(29)21-7-3-4-8-22(21)25(27)30/h3-4,7-12,20H,2,5-6,13-17H2,1H3. The second-order valence-corrected chi connectivity index (χ2v) is 8.15. The molecule has 1 atom stereocenters. The minimum atomic E-state index is -0.273. The highest BCUT2D eigenvalue weighted by atomic mass is 16.5. The number of rotatable bonds is 6. The molecule has 1 saturated heterocycles. The van der Waals surface area contributed by atoms with Gasteiger partial charge in [0.05, 0.1) is 23.8 Å². The molecule has 1 fully saturated rings. The van der Waals surface area contributed by atoms with Gasteiger partial charge in [-0.3, -0.25) is 19.3 Å². The van der Waals surface area contributed by atoms with E-state index >= 15 is 0 Å². The Labute approximate surface area is 182 Å². The van der Waals surface area contributed by atoms with E-state index in [0.29, 0.717) is 23.2 Å². The third kappa shape index (κ3) is 4.54. The van der Waals surface area contributed by atoms with Crippen molar-refractivity contribution in [1.29, 1.82) is 0 Å². The predicted molar refractivity (Wildman–Crippen MR) is 117 cm³/mol. The number of carbonyl (C=O) groups excluding carboxylic acids is 3. The summed E-state index contributed by atoms with van der Waals surface area (Å²) in [5.74, 6) is -0.529. The highest BCUT2D eigenvalue weighted by Crippen LogP contribution is 2.24. The van der Waals surface area contributed by atoms with Crippen molar-refractivity contribution in [3.05, 3.63) is 70.8 Å². The van der Waals surface area contributed by atoms with E-state index in [0.717, 1.165) is 44.4 Å². The molecular formula is C25H28N2O4. The molecule has 3 amide bonds. The third-order valence-corrected chi connectivity index (χ3v) is 5.94. The van der Waals surface area contributed by atoms with Gasteiger partial charge in [-0.15, -0.1) is 0 Å². The lowest BCUT2D eigenvalue weighted by Crippen LogP contribution is -2.32. The molecule has 6 nitrogen and oxygen atoms in total. The summed E-state index contributed by atoms with van der Waals surface area (Å²) >= 11 is 0. The summed E-state index contributed by atoms with van der Waals surface area (Å²) in [6, 6.07) is 14.1. The quantitative estimate of drug-likeness (QED) is 0.665. The van der Waals surface area contributed by atoms with Crippen molar-refractivity contribution < 1.29 is 19.1 Å². The fourth-order valence-electron chi connectivity index (χ4n) is 4.22. The minimum Gasteiger partial charge on any atom is -0.378 e. The fourth-order valence-corrected chi connectivity index (χ4v) is 4.22. The molecule has 2 aliphatic heterocycles. The second kappa shape index (κ2) is 9.43. The Morgan fingerprint density at radius 1 is 0.968 bits per heavy atom. The van der Waals surface area contributed by atoms with Crippen LogP contribution in [0.3, 0.4) is 0 Å². The number of benzene rings is 2. The molecule has 2 aliphatic rings. The lowest BCUT2D eigenvalue weighted by Gasteiger charge is -2.21. The molecule has 4 rings (SSSR count). The topological polar surface area (TPSA) is 66.9 Å². The van der Waals surface area contributed by atoms with Gasteiger partial charge in [-0.2, -0.15) is 0 Å². The fraction of sp³-hybridized carbons (Fsp3) is 0.400. The molecule has 2 heterocycles. The SMILES string of the molecule is CCCOC1CCCN(C(=O)c2ccc(CN3C(=O)c4ccccc4C3=O)cc2)CC1. The van der Waals surface area contributed by atoms with Crippen LogP contribution in [0.5, 0.6) is 0 Å². The maximum absolute atomic E-state index is 12.9. The molecule has 0 saturated carbocycles. The molecule has 2 aromatic rings. The van der Waals surface area contributed by atoms with Gasteiger partial charge in [0.2, 0.25) is 0 Å². The third-order valence-electron chi connectivity index (χ3n) is 5.94. The van der Waals surface area contributed by atoms with Crippen LogP contribution in [-0.4, -0.2) is 53.3 Å². The highest BCUT2D eigenvalue weighted by Gasteiger charge is 2.35. The largest absolute Gasteiger partial charge is 0.378 e. The zero-order valence-corrected chi connectivity index (χ0v) is 17.9. The number of hydrogen-bond acceptors (Lipinski definition) is 4. The summed E-state index contributed by atoms with van der Waals surface area (Å²) in [6.07, 6.45) is 4.04. The van der Waals surface area contributed by atoms with Crippen molar-refractivity contribution in [2.24, 2.45) is 0 Å². The van der Waals surface area contributed by atoms with Crippen LogP contribution < -0.4 is 0 Å². The average Bonchev–Trinajstić information content (AvgIpc) is 2.95. The number of imide groups is 1. The minimum absolute atomic E-state index is 0.0171. The highest BCUT2D eigenvalue weighted by molar-refractivity contribution is 6.21. The summed E-state index contributed by atoms with van der Waals surface area (Å²) < 4.78 is 5.87. The van der Waals surface area contributed by atoms with Crippen LogP contribution in [-0.2, 0) is 11.3 Å². The number of fused-ring (bicyclic) bond motifs is 1. The van der Waals surface area contributed by atoms with E-state index in [9.17, 15) is 14.4 Å². The molecule has 0 radical (unpaired) electrons. The second-order valence-electron chi connectivity index (χ2n) is 8.15. The van der Waals surface area contributed by atoms with E-state index < -0.39 is 0 Å². The van der Waals surface area contributed by atoms with Gasteiger partial charge in [-0.1, -0.05) is 31.2 Å². The number of nitrogens with zero attached hydrogens (tertiary/aromatic N) is 2. The van der Waals surface area contributed by atoms with Crippen LogP contribution >= 0.6 is 0 Å². The first kappa shape index (κ1) is 21.2. The van der Waals surface area contributed by atoms with Crippen LogP contribution in [0, 0.1) is 0 Å². The summed E-state index contributed by atoms with van der Waals surface area (Å²) in [6.45, 7) is 4.50. The summed E-state index contributed by atoms with van der Waals surface area (Å²) in [4.78, 5) is 41.2. The Hall–Kier alpha value is -2.99. The lowest BCUT2D eigenvalue weighted by molar-refractivity contribution is 0.0432. The van der Waals surface area contributed by atoms with E-state index in [-0.39, 0.29) is 30.4 Å². The lowest BCUT2D eigenvalue weighted by atomic mass is 10.1. The number of likely N-dealkylation sites (tertiary alicyclic amines) is 1. The van der Waals surface area contributed by atoms with E-state index in [2.05, 4.69) is 6.92 Å². The molecule has 0 aromatic heterocycles. The van der Waals surface area contributed by atoms with E-state index in [1.54, 1.807) is 36.4 Å². The molecule has 0 aliphatic carbocycles. The predicted octanol–water partition coefficient (Wildman–Crippen LogP) is 3.90. The van der Waals surface area contributed by atoms with Crippen molar-refractivity contribution in [1.82, 2.24) is 9.80 Å². The van der Waals surface area contributed by atoms with Crippen LogP contribution in [0.2, 0.25) is 0 Å². The first-order valence-electron chi connectivity index (χ1n) is 11.0. The molecule has 6 heteroatoms. The Bertz CT molecular complexity index is 935. The maximum Gasteiger partial charge on any atom is 0.261 e. The first-order chi connectivity index (χ1) is 15.1. The molecule has 2 aromatic carbocycles. The van der Waals surface area contributed by atoms with Crippen LogP contribution in [0.4, 0.5) is 0 Å². The Morgan fingerprint density at radius 2 is 1.65 bits per heavy atom. The van der Waals surface area contributed by atoms with Gasteiger partial charge in [0, 0.05) is 25.3 Å². The van der Waals surface area contributed by atoms with Gasteiger partial charge in [-0.05, 0) is 55.5 Å². The normalized spacial score (nSPS) is 18.8. The Kier molecular flexibility index (Phi) is 6.47. The Morgan fingerprint density at radius 3 is 2.29 bits per heavy atom. The van der Waals surface area contributed by atoms with Gasteiger partial charge in [0.25, 0.3) is 17.7 Å². The molecule has 0 spiro atoms. The van der Waals surface area contributed by atoms with Gasteiger partial charge in [0.15, 0.2) is 0 Å². The number of hydrogen-bond donors (Lipinski definition) is 0. The van der Waals surface area contributed by atoms with Gasteiger partial charge < -0.3 is 9.64 Å². The summed E-state index contributed by atoms with van der Waals surface area (Å²) in [7, 11) is 0. The molecule has 0 bridgehead atoms. The summed E-state index contributed by atoms with van der Waals surface area (Å²) in [5, 5.41) is 0. The van der Waals surface area contributed by atoms with Gasteiger partial charge >= 0.3 is 0 Å². The summed E-state index contributed by atoms with van der Waals surface area (Å²) in [5.41, 5.74) is 2.33. The van der Waals surface area contributed by atoms with Gasteiger partial charge in [0.1, 0.15) is 0 Å². The monoisotopic (exact) mass is 420 g/mol. The molecule has 0 N–H and O–H groups in total. The molecular weight excluding hydrogens is 392 g/mol. The van der Waals surface area contributed by atoms with Crippen LogP contribution in [0.25, 0.3) is 0 Å². The van der Waals surface area contributed by atoms with Crippen molar-refractivity contribution in [2.75, 3.05) is 19.7 Å². The first-order valence-corrected chi connectivity index (χ1v) is 11.0. The zero-order chi connectivity index (χ0) is 21.8. The van der Waals surface area contributed by atoms with E-state index in [4.69, 9.17) is 4.74 Å². The number of ether oxygens (including phenoxy) is 1. The smallest absolute Gasteiger partial charge is 0.261 e. The van der Waals surface area contributed by atoms with Crippen molar-refractivity contribution in [3.63, 3.8) is 0 Å². The number of amides is 3. The van der Waals surface area contributed by atoms with E-state index in [1.165, 1.54) is 4.90 Å². The maximum atomic E-state index is 12.9. The van der Waals surface area contributed by atoms with Crippen molar-refractivity contribution >= 4 is 17.7 Å². The van der Waals surface area contributed by atoms with Crippen LogP contribution in [0.15, 0.2) is 48.5 Å². The van der Waals surface area contributed by atoms with Crippen LogP contribution in [0.1, 0.15) is 69.2 Å². The molecule has 31 heavy (non-hydrogen) atoms. The van der Waals surface area contributed by atoms with E-state index in [1.807, 2.05) is 17.0 Å². The average molecular weight is 421 g/mol. The Balaban J connectivity index is 1.38. The zero-order valence-electron chi connectivity index (χ0n) is 17.9. The van der Waals surface area contributed by atoms with Gasteiger partial charge in [-0.25, -0.2) is 0 Å². The van der Waals surface area contributed by atoms with Crippen molar-refractivity contribution in [2.45, 2.75) is 45.3 Å². The molecule has 162 valence electrons. The number of carbonyl (C=O) groups is 3. The molecule has 1 unspecified atom stereocenters. The van der Waals surface area contributed by atoms with Crippen molar-refractivity contribution in [3.8, 4) is 0 Å².